The largest absolute Gasteiger partial charge is 0.419 e. The van der Waals surface area contributed by atoms with Crippen molar-refractivity contribution in [1.29, 1.82) is 0 Å². The van der Waals surface area contributed by atoms with Crippen molar-refractivity contribution in [2.45, 2.75) is 25.2 Å². The molecule has 0 spiro atoms. The van der Waals surface area contributed by atoms with Crippen molar-refractivity contribution >= 4 is 5.91 Å². The first kappa shape index (κ1) is 13.8. The Hall–Kier alpha value is -1.63. The molecule has 1 aromatic carbocycles. The van der Waals surface area contributed by atoms with Crippen LogP contribution in [0.5, 0.6) is 0 Å². The van der Waals surface area contributed by atoms with Gasteiger partial charge in [0.25, 0.3) is 0 Å². The topological polar surface area (TPSA) is 41.1 Å². The summed E-state index contributed by atoms with van der Waals surface area (Å²) in [5.74, 6) is -1.37. The Balaban J connectivity index is 2.03. The summed E-state index contributed by atoms with van der Waals surface area (Å²) < 4.78 is 50.6. The van der Waals surface area contributed by atoms with Gasteiger partial charge in [-0.1, -0.05) is 6.07 Å². The van der Waals surface area contributed by atoms with Gasteiger partial charge >= 0.3 is 6.18 Å². The highest BCUT2D eigenvalue weighted by Gasteiger charge is 2.34. The SMILES string of the molecule is O=C1CC(NCc2ccc(F)c(C(F)(F)F)c2)CN1. The summed E-state index contributed by atoms with van der Waals surface area (Å²) in [5.41, 5.74) is -0.944. The van der Waals surface area contributed by atoms with E-state index >= 15 is 0 Å². The van der Waals surface area contributed by atoms with Gasteiger partial charge in [-0.15, -0.1) is 0 Å². The number of halogens is 4. The molecule has 104 valence electrons. The van der Waals surface area contributed by atoms with Crippen LogP contribution in [0.25, 0.3) is 0 Å². The van der Waals surface area contributed by atoms with E-state index in [0.717, 1.165) is 12.1 Å². The zero-order valence-electron chi connectivity index (χ0n) is 9.85. The van der Waals surface area contributed by atoms with Gasteiger partial charge < -0.3 is 10.6 Å². The summed E-state index contributed by atoms with van der Waals surface area (Å²) in [6.07, 6.45) is -4.40. The van der Waals surface area contributed by atoms with E-state index in [1.807, 2.05) is 0 Å². The molecule has 0 aliphatic carbocycles. The van der Waals surface area contributed by atoms with Crippen LogP contribution in [0.15, 0.2) is 18.2 Å². The number of rotatable bonds is 3. The van der Waals surface area contributed by atoms with Crippen LogP contribution in [0.3, 0.4) is 0 Å². The molecule has 0 bridgehead atoms. The molecule has 1 aromatic rings. The highest BCUT2D eigenvalue weighted by Crippen LogP contribution is 2.31. The van der Waals surface area contributed by atoms with Gasteiger partial charge in [-0.2, -0.15) is 13.2 Å². The molecule has 1 amide bonds. The minimum absolute atomic E-state index is 0.0902. The fourth-order valence-corrected chi connectivity index (χ4v) is 1.91. The molecule has 0 aromatic heterocycles. The summed E-state index contributed by atoms with van der Waals surface area (Å²) in [7, 11) is 0. The van der Waals surface area contributed by atoms with Crippen LogP contribution in [-0.4, -0.2) is 18.5 Å². The highest BCUT2D eigenvalue weighted by atomic mass is 19.4. The van der Waals surface area contributed by atoms with E-state index in [1.165, 1.54) is 6.07 Å². The molecule has 19 heavy (non-hydrogen) atoms. The molecule has 1 aliphatic heterocycles. The van der Waals surface area contributed by atoms with E-state index in [2.05, 4.69) is 10.6 Å². The Morgan fingerprint density at radius 1 is 1.37 bits per heavy atom. The minimum Gasteiger partial charge on any atom is -0.354 e. The molecule has 1 unspecified atom stereocenters. The van der Waals surface area contributed by atoms with Crippen molar-refractivity contribution < 1.29 is 22.4 Å². The molecule has 0 saturated carbocycles. The summed E-state index contributed by atoms with van der Waals surface area (Å²) in [5, 5.41) is 5.56. The smallest absolute Gasteiger partial charge is 0.354 e. The quantitative estimate of drug-likeness (QED) is 0.827. The molecular formula is C12H12F4N2O. The van der Waals surface area contributed by atoms with Crippen LogP contribution in [0, 0.1) is 5.82 Å². The number of carbonyl (C=O) groups is 1. The molecule has 1 aliphatic rings. The molecule has 7 heteroatoms. The van der Waals surface area contributed by atoms with Crippen LogP contribution >= 0.6 is 0 Å². The minimum atomic E-state index is -4.70. The van der Waals surface area contributed by atoms with E-state index in [-0.39, 0.29) is 18.5 Å². The summed E-state index contributed by atoms with van der Waals surface area (Å²) in [4.78, 5) is 10.9. The number of benzene rings is 1. The lowest BCUT2D eigenvalue weighted by Crippen LogP contribution is -2.30. The van der Waals surface area contributed by atoms with Crippen LogP contribution < -0.4 is 10.6 Å². The molecule has 3 nitrogen and oxygen atoms in total. The number of hydrogen-bond acceptors (Lipinski definition) is 2. The van der Waals surface area contributed by atoms with Crippen LogP contribution in [0.1, 0.15) is 17.5 Å². The molecular weight excluding hydrogens is 264 g/mol. The Morgan fingerprint density at radius 2 is 2.11 bits per heavy atom. The lowest BCUT2D eigenvalue weighted by molar-refractivity contribution is -0.140. The summed E-state index contributed by atoms with van der Waals surface area (Å²) in [6, 6.07) is 2.78. The Morgan fingerprint density at radius 3 is 2.68 bits per heavy atom. The summed E-state index contributed by atoms with van der Waals surface area (Å²) in [6.45, 7) is 0.606. The van der Waals surface area contributed by atoms with Gasteiger partial charge in [0.2, 0.25) is 5.91 Å². The van der Waals surface area contributed by atoms with Crippen molar-refractivity contribution in [1.82, 2.24) is 10.6 Å². The van der Waals surface area contributed by atoms with E-state index in [1.54, 1.807) is 0 Å². The van der Waals surface area contributed by atoms with Gasteiger partial charge in [0.1, 0.15) is 5.82 Å². The summed E-state index contributed by atoms with van der Waals surface area (Å²) >= 11 is 0. The maximum atomic E-state index is 13.1. The molecule has 1 saturated heterocycles. The third kappa shape index (κ3) is 3.44. The van der Waals surface area contributed by atoms with Crippen LogP contribution in [0.4, 0.5) is 17.6 Å². The lowest BCUT2D eigenvalue weighted by Gasteiger charge is -2.13. The van der Waals surface area contributed by atoms with E-state index in [9.17, 15) is 22.4 Å². The van der Waals surface area contributed by atoms with Crippen molar-refractivity contribution in [2.75, 3.05) is 6.54 Å². The zero-order chi connectivity index (χ0) is 14.0. The number of nitrogens with one attached hydrogen (secondary N) is 2. The van der Waals surface area contributed by atoms with Gasteiger partial charge in [-0.25, -0.2) is 4.39 Å². The van der Waals surface area contributed by atoms with Crippen LogP contribution in [-0.2, 0) is 17.5 Å². The first-order chi connectivity index (χ1) is 8.86. The normalized spacial score (nSPS) is 19.6. The molecule has 1 atom stereocenters. The van der Waals surface area contributed by atoms with Gasteiger partial charge in [0.15, 0.2) is 0 Å². The Kier molecular flexibility index (Phi) is 3.75. The maximum absolute atomic E-state index is 13.1. The third-order valence-electron chi connectivity index (χ3n) is 2.91. The van der Waals surface area contributed by atoms with E-state index < -0.39 is 17.6 Å². The second-order valence-electron chi connectivity index (χ2n) is 4.40. The predicted molar refractivity (Wildman–Crippen MR) is 59.7 cm³/mol. The van der Waals surface area contributed by atoms with Crippen molar-refractivity contribution in [3.05, 3.63) is 35.1 Å². The monoisotopic (exact) mass is 276 g/mol. The second-order valence-corrected chi connectivity index (χ2v) is 4.40. The number of hydrogen-bond donors (Lipinski definition) is 2. The first-order valence-corrected chi connectivity index (χ1v) is 5.72. The molecule has 1 fully saturated rings. The van der Waals surface area contributed by atoms with Gasteiger partial charge in [-0.05, 0) is 17.7 Å². The fraction of sp³-hybridized carbons (Fsp3) is 0.417. The van der Waals surface area contributed by atoms with Crippen molar-refractivity contribution in [2.24, 2.45) is 0 Å². The van der Waals surface area contributed by atoms with Crippen LogP contribution in [0.2, 0.25) is 0 Å². The van der Waals surface area contributed by atoms with Gasteiger partial charge in [-0.3, -0.25) is 4.79 Å². The molecule has 0 radical (unpaired) electrons. The molecule has 2 N–H and O–H groups in total. The van der Waals surface area contributed by atoms with Crippen molar-refractivity contribution in [3.8, 4) is 0 Å². The second kappa shape index (κ2) is 5.16. The lowest BCUT2D eigenvalue weighted by atomic mass is 10.1. The zero-order valence-corrected chi connectivity index (χ0v) is 9.85. The highest BCUT2D eigenvalue weighted by molar-refractivity contribution is 5.78. The number of amides is 1. The Bertz CT molecular complexity index is 487. The standard InChI is InChI=1S/C12H12F4N2O/c13-10-2-1-7(3-9(10)12(14,15)16)5-17-8-4-11(19)18-6-8/h1-3,8,17H,4-6H2,(H,18,19). The predicted octanol–water partition coefficient (Wildman–Crippen LogP) is 1.82. The maximum Gasteiger partial charge on any atom is 0.419 e. The van der Waals surface area contributed by atoms with Gasteiger partial charge in [0, 0.05) is 25.6 Å². The fourth-order valence-electron chi connectivity index (χ4n) is 1.91. The average molecular weight is 276 g/mol. The Labute approximate surface area is 107 Å². The van der Waals surface area contributed by atoms with Gasteiger partial charge in [0.05, 0.1) is 5.56 Å². The van der Waals surface area contributed by atoms with E-state index in [0.29, 0.717) is 18.5 Å². The molecule has 2 rings (SSSR count). The number of carbonyl (C=O) groups excluding carboxylic acids is 1. The average Bonchev–Trinajstić information content (AvgIpc) is 2.72. The van der Waals surface area contributed by atoms with E-state index in [4.69, 9.17) is 0 Å². The molecule has 1 heterocycles. The van der Waals surface area contributed by atoms with Crippen molar-refractivity contribution in [3.63, 3.8) is 0 Å². The third-order valence-corrected chi connectivity index (χ3v) is 2.91. The first-order valence-electron chi connectivity index (χ1n) is 5.72. The number of alkyl halides is 3.